The van der Waals surface area contributed by atoms with E-state index in [1.807, 2.05) is 0 Å². The van der Waals surface area contributed by atoms with Crippen LogP contribution in [-0.4, -0.2) is 25.3 Å². The van der Waals surface area contributed by atoms with Gasteiger partial charge in [0.05, 0.1) is 6.61 Å². The Morgan fingerprint density at radius 3 is 2.20 bits per heavy atom. The van der Waals surface area contributed by atoms with E-state index >= 15 is 0 Å². The highest BCUT2D eigenvalue weighted by atomic mass is 16.6. The fourth-order valence-corrected chi connectivity index (χ4v) is 2.94. The first kappa shape index (κ1) is 22.0. The smallest absolute Gasteiger partial charge is 0.335 e. The van der Waals surface area contributed by atoms with E-state index in [0.29, 0.717) is 13.2 Å². The van der Waals surface area contributed by atoms with Crippen LogP contribution in [0.1, 0.15) is 90.4 Å². The lowest BCUT2D eigenvalue weighted by atomic mass is 10.1. The maximum atomic E-state index is 11.2. The molecule has 1 fully saturated rings. The molecule has 1 saturated heterocycles. The lowest BCUT2D eigenvalue weighted by Gasteiger charge is -2.07. The van der Waals surface area contributed by atoms with E-state index in [0.717, 1.165) is 19.3 Å². The van der Waals surface area contributed by atoms with Crippen LogP contribution in [0, 0.1) is 0 Å². The monoisotopic (exact) mass is 350 g/mol. The molecule has 0 aromatic heterocycles. The molecule has 1 atom stereocenters. The summed E-state index contributed by atoms with van der Waals surface area (Å²) >= 11 is 0. The van der Waals surface area contributed by atoms with Gasteiger partial charge >= 0.3 is 5.97 Å². The van der Waals surface area contributed by atoms with Crippen molar-refractivity contribution >= 4 is 5.97 Å². The molecule has 0 aromatic carbocycles. The van der Waals surface area contributed by atoms with Crippen LogP contribution < -0.4 is 0 Å². The molecular formula is C22H38O3. The number of esters is 1. The molecule has 1 rings (SSSR count). The predicted octanol–water partition coefficient (Wildman–Crippen LogP) is 6.13. The summed E-state index contributed by atoms with van der Waals surface area (Å²) in [7, 11) is 0. The second-order valence-corrected chi connectivity index (χ2v) is 6.90. The van der Waals surface area contributed by atoms with E-state index in [9.17, 15) is 4.79 Å². The van der Waals surface area contributed by atoms with Crippen LogP contribution in [0.5, 0.6) is 0 Å². The number of ether oxygens (including phenoxy) is 2. The third-order valence-electron chi connectivity index (χ3n) is 4.55. The van der Waals surface area contributed by atoms with E-state index in [-0.39, 0.29) is 12.1 Å². The molecule has 25 heavy (non-hydrogen) atoms. The summed E-state index contributed by atoms with van der Waals surface area (Å²) in [5, 5.41) is 0. The first-order chi connectivity index (χ1) is 12.3. The highest BCUT2D eigenvalue weighted by Crippen LogP contribution is 2.12. The normalized spacial score (nSPS) is 17.8. The molecule has 3 nitrogen and oxygen atoms in total. The molecule has 0 N–H and O–H groups in total. The zero-order chi connectivity index (χ0) is 18.0. The molecule has 0 radical (unpaired) electrons. The Labute approximate surface area is 154 Å². The van der Waals surface area contributed by atoms with Crippen molar-refractivity contribution in [1.82, 2.24) is 0 Å². The highest BCUT2D eigenvalue weighted by Gasteiger charge is 2.26. The van der Waals surface area contributed by atoms with E-state index in [2.05, 4.69) is 31.2 Å². The first-order valence-electron chi connectivity index (χ1n) is 10.4. The second-order valence-electron chi connectivity index (χ2n) is 6.90. The third-order valence-corrected chi connectivity index (χ3v) is 4.55. The minimum atomic E-state index is -0.294. The molecule has 0 spiro atoms. The number of carbonyl (C=O) groups excluding carboxylic acids is 1. The number of hydrogen-bond donors (Lipinski definition) is 0. The van der Waals surface area contributed by atoms with E-state index < -0.39 is 0 Å². The van der Waals surface area contributed by atoms with Gasteiger partial charge in [-0.05, 0) is 38.5 Å². The van der Waals surface area contributed by atoms with E-state index in [1.165, 1.54) is 64.2 Å². The average molecular weight is 351 g/mol. The molecule has 1 heterocycles. The number of rotatable bonds is 16. The average Bonchev–Trinajstić information content (AvgIpc) is 3.02. The van der Waals surface area contributed by atoms with E-state index in [1.54, 1.807) is 0 Å². The summed E-state index contributed by atoms with van der Waals surface area (Å²) in [4.78, 5) is 11.2. The lowest BCUT2D eigenvalue weighted by molar-refractivity contribution is -0.147. The van der Waals surface area contributed by atoms with Gasteiger partial charge in [0.2, 0.25) is 0 Å². The molecule has 3 heteroatoms. The van der Waals surface area contributed by atoms with Crippen molar-refractivity contribution in [3.63, 3.8) is 0 Å². The predicted molar refractivity (Wildman–Crippen MR) is 105 cm³/mol. The van der Waals surface area contributed by atoms with Crippen molar-refractivity contribution in [3.8, 4) is 0 Å². The minimum absolute atomic E-state index is 0.181. The molecule has 1 unspecified atom stereocenters. The van der Waals surface area contributed by atoms with Gasteiger partial charge < -0.3 is 9.47 Å². The van der Waals surface area contributed by atoms with Gasteiger partial charge in [-0.15, -0.1) is 0 Å². The van der Waals surface area contributed by atoms with Crippen molar-refractivity contribution in [2.24, 2.45) is 0 Å². The van der Waals surface area contributed by atoms with Crippen LogP contribution in [-0.2, 0) is 14.3 Å². The summed E-state index contributed by atoms with van der Waals surface area (Å²) in [6, 6.07) is 0. The van der Waals surface area contributed by atoms with Crippen molar-refractivity contribution in [2.45, 2.75) is 96.5 Å². The zero-order valence-corrected chi connectivity index (χ0v) is 16.2. The molecule has 144 valence electrons. The lowest BCUT2D eigenvalue weighted by Crippen LogP contribution is -2.18. The molecular weight excluding hydrogens is 312 g/mol. The topological polar surface area (TPSA) is 35.5 Å². The molecule has 1 aliphatic rings. The third kappa shape index (κ3) is 12.9. The summed E-state index contributed by atoms with van der Waals surface area (Å²) in [6.45, 7) is 3.46. The molecule has 0 saturated carbocycles. The number of carbonyl (C=O) groups is 1. The second kappa shape index (κ2) is 16.4. The number of unbranched alkanes of at least 4 members (excludes halogenated alkanes) is 9. The van der Waals surface area contributed by atoms with E-state index in [4.69, 9.17) is 9.47 Å². The van der Waals surface area contributed by atoms with Gasteiger partial charge in [-0.2, -0.15) is 0 Å². The number of hydrogen-bond acceptors (Lipinski definition) is 3. The molecule has 0 bridgehead atoms. The van der Waals surface area contributed by atoms with Crippen LogP contribution >= 0.6 is 0 Å². The van der Waals surface area contributed by atoms with Crippen LogP contribution in [0.3, 0.4) is 0 Å². The summed E-state index contributed by atoms with van der Waals surface area (Å²) in [5.74, 6) is -0.181. The molecule has 0 amide bonds. The van der Waals surface area contributed by atoms with Crippen LogP contribution in [0.15, 0.2) is 24.3 Å². The minimum Gasteiger partial charge on any atom is -0.464 e. The van der Waals surface area contributed by atoms with Crippen molar-refractivity contribution in [3.05, 3.63) is 24.3 Å². The summed E-state index contributed by atoms with van der Waals surface area (Å²) in [5.41, 5.74) is 0. The summed E-state index contributed by atoms with van der Waals surface area (Å²) < 4.78 is 10.4. The van der Waals surface area contributed by atoms with Crippen LogP contribution in [0.25, 0.3) is 0 Å². The summed E-state index contributed by atoms with van der Waals surface area (Å²) in [6.07, 6.45) is 24.6. The fraction of sp³-hybridized carbons (Fsp3) is 0.773. The largest absolute Gasteiger partial charge is 0.464 e. The number of allylic oxidation sites excluding steroid dienone is 4. The van der Waals surface area contributed by atoms with Crippen molar-refractivity contribution in [2.75, 3.05) is 13.2 Å². The Balaban J connectivity index is 1.76. The maximum Gasteiger partial charge on any atom is 0.335 e. The zero-order valence-electron chi connectivity index (χ0n) is 16.2. The van der Waals surface area contributed by atoms with Crippen molar-refractivity contribution < 1.29 is 14.3 Å². The quantitative estimate of drug-likeness (QED) is 0.191. The van der Waals surface area contributed by atoms with Gasteiger partial charge in [-0.25, -0.2) is 4.79 Å². The maximum absolute atomic E-state index is 11.2. The van der Waals surface area contributed by atoms with Gasteiger partial charge in [0, 0.05) is 13.0 Å². The van der Waals surface area contributed by atoms with Crippen LogP contribution in [0.2, 0.25) is 0 Å². The number of cyclic esters (lactones) is 1. The molecule has 0 aromatic rings. The Morgan fingerprint density at radius 2 is 1.56 bits per heavy atom. The first-order valence-corrected chi connectivity index (χ1v) is 10.4. The van der Waals surface area contributed by atoms with Gasteiger partial charge in [-0.3, -0.25) is 0 Å². The fourth-order valence-electron chi connectivity index (χ4n) is 2.94. The standard InChI is InChI=1S/C22H38O3/c1-2-3-4-5-6-7-8-9-10-11-12-13-14-15-16-17-19-24-21-18-20-25-22(21)23/h6-7,9-10,21H,2-5,8,11-20H2,1H3. The Morgan fingerprint density at radius 1 is 0.920 bits per heavy atom. The highest BCUT2D eigenvalue weighted by molar-refractivity contribution is 5.76. The Kier molecular flexibility index (Phi) is 14.4. The Bertz CT molecular complexity index is 373. The SMILES string of the molecule is CCCCCC=CCC=CCCCCCCCCOC1CCOC1=O. The van der Waals surface area contributed by atoms with Gasteiger partial charge in [0.1, 0.15) is 0 Å². The Hall–Kier alpha value is -1.09. The van der Waals surface area contributed by atoms with Crippen molar-refractivity contribution in [1.29, 1.82) is 0 Å². The van der Waals surface area contributed by atoms with Crippen LogP contribution in [0.4, 0.5) is 0 Å². The van der Waals surface area contributed by atoms with Gasteiger partial charge in [-0.1, -0.05) is 69.8 Å². The van der Waals surface area contributed by atoms with Gasteiger partial charge in [0.25, 0.3) is 0 Å². The van der Waals surface area contributed by atoms with Gasteiger partial charge in [0.15, 0.2) is 6.10 Å². The molecule has 0 aliphatic carbocycles. The molecule has 1 aliphatic heterocycles.